The van der Waals surface area contributed by atoms with Gasteiger partial charge in [0.25, 0.3) is 5.56 Å². The van der Waals surface area contributed by atoms with Gasteiger partial charge < -0.3 is 14.5 Å². The van der Waals surface area contributed by atoms with Gasteiger partial charge in [-0.05, 0) is 30.7 Å². The molecule has 0 spiro atoms. The second-order valence-corrected chi connectivity index (χ2v) is 6.39. The van der Waals surface area contributed by atoms with E-state index in [1.807, 2.05) is 0 Å². The van der Waals surface area contributed by atoms with Crippen LogP contribution in [0.2, 0.25) is 5.02 Å². The number of aromatic nitrogens is 4. The van der Waals surface area contributed by atoms with Crippen molar-refractivity contribution in [3.8, 4) is 28.8 Å². The van der Waals surface area contributed by atoms with Crippen LogP contribution in [0.3, 0.4) is 0 Å². The van der Waals surface area contributed by atoms with E-state index in [1.54, 1.807) is 6.92 Å². The number of rotatable bonds is 5. The van der Waals surface area contributed by atoms with Crippen molar-refractivity contribution in [3.05, 3.63) is 51.0 Å². The molecule has 160 valence electrons. The van der Waals surface area contributed by atoms with E-state index in [1.165, 1.54) is 31.5 Å². The number of nitrogens with zero attached hydrogens (tertiary/aromatic N) is 2. The highest BCUT2D eigenvalue weighted by Gasteiger charge is 2.62. The minimum Gasteiger partial charge on any atom is -0.493 e. The number of nitrogens with one attached hydrogen (secondary N) is 2. The summed E-state index contributed by atoms with van der Waals surface area (Å²) in [6.45, 7) is 1.55. The maximum absolute atomic E-state index is 14.3. The maximum Gasteiger partial charge on any atom is 0.459 e. The summed E-state index contributed by atoms with van der Waals surface area (Å²) in [5.41, 5.74) is -3.13. The summed E-state index contributed by atoms with van der Waals surface area (Å²) in [5.74, 6) is -7.72. The third-order valence-electron chi connectivity index (χ3n) is 3.93. The van der Waals surface area contributed by atoms with Crippen LogP contribution in [0.5, 0.6) is 17.2 Å². The van der Waals surface area contributed by atoms with Crippen LogP contribution in [0.4, 0.5) is 22.0 Å². The smallest absolute Gasteiger partial charge is 0.459 e. The van der Waals surface area contributed by atoms with Gasteiger partial charge in [-0.3, -0.25) is 9.89 Å². The van der Waals surface area contributed by atoms with Crippen LogP contribution in [0.15, 0.2) is 29.2 Å². The van der Waals surface area contributed by atoms with Crippen LogP contribution in [0.1, 0.15) is 11.3 Å². The molecule has 3 rings (SSSR count). The Balaban J connectivity index is 2.23. The van der Waals surface area contributed by atoms with Gasteiger partial charge in [0.05, 0.1) is 13.3 Å². The molecule has 0 unspecified atom stereocenters. The Morgan fingerprint density at radius 3 is 2.47 bits per heavy atom. The van der Waals surface area contributed by atoms with E-state index in [-0.39, 0.29) is 17.2 Å². The van der Waals surface area contributed by atoms with Gasteiger partial charge in [-0.1, -0.05) is 11.6 Å². The van der Waals surface area contributed by atoms with Gasteiger partial charge >= 0.3 is 12.1 Å². The Bertz CT molecular complexity index is 1140. The topological polar surface area (TPSA) is 92.9 Å². The highest BCUT2D eigenvalue weighted by molar-refractivity contribution is 6.31. The Morgan fingerprint density at radius 1 is 1.17 bits per heavy atom. The molecule has 30 heavy (non-hydrogen) atoms. The van der Waals surface area contributed by atoms with E-state index in [9.17, 15) is 26.7 Å². The van der Waals surface area contributed by atoms with E-state index in [0.29, 0.717) is 10.6 Å². The van der Waals surface area contributed by atoms with Gasteiger partial charge in [-0.2, -0.15) is 27.1 Å². The monoisotopic (exact) mass is 450 g/mol. The van der Waals surface area contributed by atoms with Crippen molar-refractivity contribution in [2.24, 2.45) is 0 Å². The Hall–Kier alpha value is -3.15. The standard InChI is InChI=1S/C17H12ClF5N4O3/c1-7-5-8(3-4-9(7)18)30-12-13(16(19,20)17(21,22)23)25-14(26-15(12)28)11-10(29-2)6-24-27-11/h3-6H,1-2H3,(H,24,27)(H,25,26,28). The van der Waals surface area contributed by atoms with E-state index in [4.69, 9.17) is 21.1 Å². The molecule has 0 saturated carbocycles. The molecule has 0 aliphatic carbocycles. The largest absolute Gasteiger partial charge is 0.493 e. The lowest BCUT2D eigenvalue weighted by Crippen LogP contribution is -2.36. The minimum absolute atomic E-state index is 0.0404. The van der Waals surface area contributed by atoms with Crippen LogP contribution in [-0.4, -0.2) is 33.5 Å². The fourth-order valence-electron chi connectivity index (χ4n) is 2.42. The van der Waals surface area contributed by atoms with Gasteiger partial charge in [0, 0.05) is 5.02 Å². The number of aryl methyl sites for hydroxylation is 1. The molecule has 7 nitrogen and oxygen atoms in total. The first-order valence-corrected chi connectivity index (χ1v) is 8.45. The van der Waals surface area contributed by atoms with Gasteiger partial charge in [0.15, 0.2) is 23.0 Å². The number of alkyl halides is 5. The third kappa shape index (κ3) is 3.82. The summed E-state index contributed by atoms with van der Waals surface area (Å²) in [6, 6.07) is 3.80. The number of hydrogen-bond acceptors (Lipinski definition) is 5. The lowest BCUT2D eigenvalue weighted by Gasteiger charge is -2.21. The summed E-state index contributed by atoms with van der Waals surface area (Å²) in [5, 5.41) is 6.29. The highest BCUT2D eigenvalue weighted by atomic mass is 35.5. The van der Waals surface area contributed by atoms with Crippen molar-refractivity contribution in [1.82, 2.24) is 20.2 Å². The van der Waals surface area contributed by atoms with Crippen LogP contribution < -0.4 is 15.0 Å². The van der Waals surface area contributed by atoms with Gasteiger partial charge in [-0.25, -0.2) is 4.98 Å². The molecule has 0 bridgehead atoms. The number of halogens is 6. The van der Waals surface area contributed by atoms with Crippen LogP contribution in [0.25, 0.3) is 11.5 Å². The number of H-pyrrole nitrogens is 2. The molecule has 3 aromatic rings. The zero-order valence-electron chi connectivity index (χ0n) is 15.2. The Kier molecular flexibility index (Phi) is 5.46. The van der Waals surface area contributed by atoms with E-state index >= 15 is 0 Å². The molecular weight excluding hydrogens is 439 g/mol. The van der Waals surface area contributed by atoms with Crippen molar-refractivity contribution in [3.63, 3.8) is 0 Å². The summed E-state index contributed by atoms with van der Waals surface area (Å²) in [4.78, 5) is 17.9. The summed E-state index contributed by atoms with van der Waals surface area (Å²) >= 11 is 5.86. The molecule has 13 heteroatoms. The molecule has 0 aliphatic rings. The number of benzene rings is 1. The quantitative estimate of drug-likeness (QED) is 0.555. The number of aromatic amines is 2. The first kappa shape index (κ1) is 21.6. The maximum atomic E-state index is 14.3. The van der Waals surface area contributed by atoms with Crippen LogP contribution >= 0.6 is 11.6 Å². The van der Waals surface area contributed by atoms with Crippen LogP contribution in [0, 0.1) is 6.92 Å². The van der Waals surface area contributed by atoms with Crippen molar-refractivity contribution < 1.29 is 31.4 Å². The number of methoxy groups -OCH3 is 1. The molecule has 0 saturated heterocycles. The summed E-state index contributed by atoms with van der Waals surface area (Å²) < 4.78 is 77.8. The molecule has 0 aliphatic heterocycles. The minimum atomic E-state index is -6.05. The highest BCUT2D eigenvalue weighted by Crippen LogP contribution is 2.46. The average molecular weight is 451 g/mol. The molecule has 0 amide bonds. The van der Waals surface area contributed by atoms with E-state index < -0.39 is 34.9 Å². The second-order valence-electron chi connectivity index (χ2n) is 5.98. The third-order valence-corrected chi connectivity index (χ3v) is 4.35. The predicted octanol–water partition coefficient (Wildman–Crippen LogP) is 4.58. The molecule has 0 atom stereocenters. The molecule has 1 aromatic carbocycles. The SMILES string of the molecule is COc1c[nH]nc1-c1nc(C(F)(F)C(F)(F)F)c(Oc2ccc(Cl)c(C)c2)c(=O)[nH]1. The molecule has 2 heterocycles. The summed E-state index contributed by atoms with van der Waals surface area (Å²) in [6.07, 6.45) is -4.85. The van der Waals surface area contributed by atoms with Gasteiger partial charge in [0.2, 0.25) is 5.75 Å². The van der Waals surface area contributed by atoms with Crippen LogP contribution in [-0.2, 0) is 5.92 Å². The zero-order valence-corrected chi connectivity index (χ0v) is 16.0. The first-order valence-electron chi connectivity index (χ1n) is 8.07. The molecule has 2 aromatic heterocycles. The fraction of sp³-hybridized carbons (Fsp3) is 0.235. The molecular formula is C17H12ClF5N4O3. The second kappa shape index (κ2) is 7.59. The molecule has 2 N–H and O–H groups in total. The normalized spacial score (nSPS) is 12.1. The predicted molar refractivity (Wildman–Crippen MR) is 95.2 cm³/mol. The van der Waals surface area contributed by atoms with Crippen molar-refractivity contribution in [2.45, 2.75) is 19.0 Å². The van der Waals surface area contributed by atoms with E-state index in [2.05, 4.69) is 20.2 Å². The molecule has 0 fully saturated rings. The van der Waals surface area contributed by atoms with Crippen molar-refractivity contribution in [1.29, 1.82) is 0 Å². The molecule has 0 radical (unpaired) electrons. The lowest BCUT2D eigenvalue weighted by molar-refractivity contribution is -0.291. The Labute approximate surface area is 169 Å². The Morgan fingerprint density at radius 2 is 1.87 bits per heavy atom. The number of ether oxygens (including phenoxy) is 2. The lowest BCUT2D eigenvalue weighted by atomic mass is 10.2. The van der Waals surface area contributed by atoms with Crippen molar-refractivity contribution in [2.75, 3.05) is 7.11 Å². The van der Waals surface area contributed by atoms with Gasteiger partial charge in [-0.15, -0.1) is 0 Å². The average Bonchev–Trinajstić information content (AvgIpc) is 3.13. The van der Waals surface area contributed by atoms with Crippen molar-refractivity contribution >= 4 is 11.6 Å². The van der Waals surface area contributed by atoms with E-state index in [0.717, 1.165) is 0 Å². The number of hydrogen-bond donors (Lipinski definition) is 2. The fourth-order valence-corrected chi connectivity index (χ4v) is 2.54. The summed E-state index contributed by atoms with van der Waals surface area (Å²) in [7, 11) is 1.21. The first-order chi connectivity index (χ1) is 14.0. The van der Waals surface area contributed by atoms with Gasteiger partial charge in [0.1, 0.15) is 5.75 Å². The zero-order chi connectivity index (χ0) is 22.3.